The first-order valence-corrected chi connectivity index (χ1v) is 14.4. The number of nitrogens with one attached hydrogen (secondary N) is 1. The Kier molecular flexibility index (Phi) is 10.1. The number of nitrogens with zero attached hydrogens (tertiary/aromatic N) is 2. The largest absolute Gasteiger partial charge is 0.354 e. The summed E-state index contributed by atoms with van der Waals surface area (Å²) in [6.07, 6.45) is 1.36. The first kappa shape index (κ1) is 28.9. The molecule has 202 valence electrons. The van der Waals surface area contributed by atoms with Crippen molar-refractivity contribution in [1.82, 2.24) is 10.2 Å². The number of sulfonamides is 1. The molecule has 0 bridgehead atoms. The van der Waals surface area contributed by atoms with E-state index in [1.54, 1.807) is 43.3 Å². The van der Waals surface area contributed by atoms with Gasteiger partial charge in [-0.1, -0.05) is 80.1 Å². The molecule has 1 atom stereocenters. The van der Waals surface area contributed by atoms with E-state index >= 15 is 0 Å². The SMILES string of the molecule is CCCNC(=O)[C@H](C)N(Cc1ccccc1)C(=O)CN(c1ccccc1CC)S(=O)(=O)c1ccc(C)cc1. The zero-order valence-electron chi connectivity index (χ0n) is 22.6. The molecule has 0 radical (unpaired) electrons. The van der Waals surface area contributed by atoms with Crippen molar-refractivity contribution in [2.24, 2.45) is 0 Å². The molecule has 1 N–H and O–H groups in total. The van der Waals surface area contributed by atoms with Crippen molar-refractivity contribution in [3.63, 3.8) is 0 Å². The molecular formula is C30H37N3O4S. The third-order valence-electron chi connectivity index (χ3n) is 6.44. The minimum Gasteiger partial charge on any atom is -0.354 e. The van der Waals surface area contributed by atoms with Crippen LogP contribution in [0.3, 0.4) is 0 Å². The Balaban J connectivity index is 2.04. The van der Waals surface area contributed by atoms with Gasteiger partial charge in [0, 0.05) is 13.1 Å². The Labute approximate surface area is 226 Å². The molecule has 3 aromatic carbocycles. The number of anilines is 1. The minimum atomic E-state index is -4.08. The monoisotopic (exact) mass is 535 g/mol. The Morgan fingerprint density at radius 1 is 0.895 bits per heavy atom. The van der Waals surface area contributed by atoms with Crippen LogP contribution in [0, 0.1) is 6.92 Å². The van der Waals surface area contributed by atoms with Crippen LogP contribution in [-0.4, -0.2) is 44.3 Å². The van der Waals surface area contributed by atoms with E-state index in [4.69, 9.17) is 0 Å². The van der Waals surface area contributed by atoms with Crippen LogP contribution >= 0.6 is 0 Å². The van der Waals surface area contributed by atoms with E-state index in [0.717, 1.165) is 23.1 Å². The lowest BCUT2D eigenvalue weighted by atomic mass is 10.1. The second-order valence-corrected chi connectivity index (χ2v) is 11.1. The fourth-order valence-electron chi connectivity index (χ4n) is 4.16. The molecule has 0 fully saturated rings. The summed E-state index contributed by atoms with van der Waals surface area (Å²) in [5.74, 6) is -0.743. The smallest absolute Gasteiger partial charge is 0.264 e. The van der Waals surface area contributed by atoms with Crippen molar-refractivity contribution in [3.8, 4) is 0 Å². The fourth-order valence-corrected chi connectivity index (χ4v) is 5.61. The van der Waals surface area contributed by atoms with Crippen LogP contribution in [0.15, 0.2) is 83.8 Å². The Morgan fingerprint density at radius 2 is 1.53 bits per heavy atom. The Bertz CT molecular complexity index is 1330. The van der Waals surface area contributed by atoms with Crippen molar-refractivity contribution in [1.29, 1.82) is 0 Å². The molecule has 3 aromatic rings. The van der Waals surface area contributed by atoms with Crippen molar-refractivity contribution >= 4 is 27.5 Å². The van der Waals surface area contributed by atoms with Crippen LogP contribution in [0.1, 0.15) is 43.9 Å². The van der Waals surface area contributed by atoms with Gasteiger partial charge in [0.05, 0.1) is 10.6 Å². The van der Waals surface area contributed by atoms with Gasteiger partial charge in [0.1, 0.15) is 12.6 Å². The molecule has 8 heteroatoms. The molecule has 0 aliphatic rings. The second-order valence-electron chi connectivity index (χ2n) is 9.28. The van der Waals surface area contributed by atoms with Crippen molar-refractivity contribution in [3.05, 3.63) is 95.6 Å². The van der Waals surface area contributed by atoms with Gasteiger partial charge in [0.15, 0.2) is 0 Å². The zero-order valence-corrected chi connectivity index (χ0v) is 23.4. The third kappa shape index (κ3) is 7.01. The van der Waals surface area contributed by atoms with Gasteiger partial charge >= 0.3 is 0 Å². The van der Waals surface area contributed by atoms with E-state index in [0.29, 0.717) is 18.7 Å². The highest BCUT2D eigenvalue weighted by Gasteiger charge is 2.33. The van der Waals surface area contributed by atoms with Gasteiger partial charge in [-0.2, -0.15) is 0 Å². The van der Waals surface area contributed by atoms with Crippen LogP contribution in [0.25, 0.3) is 0 Å². The van der Waals surface area contributed by atoms with Crippen molar-refractivity contribution in [2.75, 3.05) is 17.4 Å². The highest BCUT2D eigenvalue weighted by molar-refractivity contribution is 7.92. The number of hydrogen-bond acceptors (Lipinski definition) is 4. The summed E-state index contributed by atoms with van der Waals surface area (Å²) in [5, 5.41) is 2.85. The fraction of sp³-hybridized carbons (Fsp3) is 0.333. The molecule has 0 aliphatic carbocycles. The number of carbonyl (C=O) groups is 2. The number of benzene rings is 3. The summed E-state index contributed by atoms with van der Waals surface area (Å²) in [5.41, 5.74) is 3.03. The highest BCUT2D eigenvalue weighted by atomic mass is 32.2. The van der Waals surface area contributed by atoms with Gasteiger partial charge in [0.2, 0.25) is 11.8 Å². The van der Waals surface area contributed by atoms with E-state index < -0.39 is 28.5 Å². The topological polar surface area (TPSA) is 86.8 Å². The van der Waals surface area contributed by atoms with E-state index in [1.165, 1.54) is 9.21 Å². The molecule has 7 nitrogen and oxygen atoms in total. The summed E-state index contributed by atoms with van der Waals surface area (Å²) in [7, 11) is -4.08. The third-order valence-corrected chi connectivity index (χ3v) is 8.22. The predicted molar refractivity (Wildman–Crippen MR) is 151 cm³/mol. The van der Waals surface area contributed by atoms with Gasteiger partial charge in [-0.3, -0.25) is 13.9 Å². The number of carbonyl (C=O) groups excluding carboxylic acids is 2. The van der Waals surface area contributed by atoms with Crippen molar-refractivity contribution < 1.29 is 18.0 Å². The lowest BCUT2D eigenvalue weighted by Crippen LogP contribution is -2.51. The summed E-state index contributed by atoms with van der Waals surface area (Å²) < 4.78 is 29.1. The summed E-state index contributed by atoms with van der Waals surface area (Å²) >= 11 is 0. The molecule has 0 aromatic heterocycles. The molecule has 0 saturated carbocycles. The molecule has 2 amide bonds. The van der Waals surface area contributed by atoms with E-state index in [2.05, 4.69) is 5.32 Å². The highest BCUT2D eigenvalue weighted by Crippen LogP contribution is 2.28. The number of hydrogen-bond donors (Lipinski definition) is 1. The summed E-state index contributed by atoms with van der Waals surface area (Å²) in [4.78, 5) is 28.4. The number of para-hydroxylation sites is 1. The van der Waals surface area contributed by atoms with E-state index in [-0.39, 0.29) is 17.3 Å². The van der Waals surface area contributed by atoms with Gasteiger partial charge in [0.25, 0.3) is 10.0 Å². The maximum Gasteiger partial charge on any atom is 0.264 e. The summed E-state index contributed by atoms with van der Waals surface area (Å²) in [6.45, 7) is 7.69. The first-order chi connectivity index (χ1) is 18.2. The van der Waals surface area contributed by atoms with Crippen LogP contribution in [0.4, 0.5) is 5.69 Å². The van der Waals surface area contributed by atoms with Gasteiger partial charge in [-0.15, -0.1) is 0 Å². The van der Waals surface area contributed by atoms with Gasteiger partial charge < -0.3 is 10.2 Å². The van der Waals surface area contributed by atoms with Gasteiger partial charge in [-0.25, -0.2) is 8.42 Å². The minimum absolute atomic E-state index is 0.102. The molecule has 0 unspecified atom stereocenters. The molecule has 0 spiro atoms. The average Bonchev–Trinajstić information content (AvgIpc) is 2.93. The Hall–Kier alpha value is -3.65. The molecule has 0 heterocycles. The lowest BCUT2D eigenvalue weighted by molar-refractivity contribution is -0.139. The standard InChI is InChI=1S/C30H37N3O4S/c1-5-20-31-30(35)24(4)32(21-25-12-8-7-9-13-25)29(34)22-33(28-15-11-10-14-26(28)6-2)38(36,37)27-18-16-23(3)17-19-27/h7-19,24H,5-6,20-22H2,1-4H3,(H,31,35)/t24-/m0/s1. The first-order valence-electron chi connectivity index (χ1n) is 13.0. The number of rotatable bonds is 12. The molecular weight excluding hydrogens is 498 g/mol. The predicted octanol–water partition coefficient (Wildman–Crippen LogP) is 4.70. The van der Waals surface area contributed by atoms with Crippen molar-refractivity contribution in [2.45, 2.75) is 58.0 Å². The maximum atomic E-state index is 13.9. The maximum absolute atomic E-state index is 13.9. The zero-order chi connectivity index (χ0) is 27.7. The molecule has 0 aliphatic heterocycles. The lowest BCUT2D eigenvalue weighted by Gasteiger charge is -2.32. The van der Waals surface area contributed by atoms with Crippen LogP contribution < -0.4 is 9.62 Å². The average molecular weight is 536 g/mol. The quantitative estimate of drug-likeness (QED) is 0.364. The molecule has 3 rings (SSSR count). The molecule has 0 saturated heterocycles. The second kappa shape index (κ2) is 13.2. The molecule has 38 heavy (non-hydrogen) atoms. The van der Waals surface area contributed by atoms with Crippen LogP contribution in [0.5, 0.6) is 0 Å². The number of aryl methyl sites for hydroxylation is 2. The van der Waals surface area contributed by atoms with Crippen LogP contribution in [0.2, 0.25) is 0 Å². The van der Waals surface area contributed by atoms with Crippen LogP contribution in [-0.2, 0) is 32.6 Å². The van der Waals surface area contributed by atoms with E-state index in [9.17, 15) is 18.0 Å². The Morgan fingerprint density at radius 3 is 2.16 bits per heavy atom. The van der Waals surface area contributed by atoms with Gasteiger partial charge in [-0.05, 0) is 56.0 Å². The summed E-state index contributed by atoms with van der Waals surface area (Å²) in [6, 6.07) is 22.4. The van der Waals surface area contributed by atoms with E-state index in [1.807, 2.05) is 63.2 Å². The normalized spacial score (nSPS) is 12.0. The number of amides is 2.